The first-order chi connectivity index (χ1) is 9.13. The van der Waals surface area contributed by atoms with Gasteiger partial charge in [-0.3, -0.25) is 0 Å². The molecule has 1 unspecified atom stereocenters. The number of fused-ring (bicyclic) bond motifs is 1. The molecule has 19 heavy (non-hydrogen) atoms. The normalized spacial score (nSPS) is 19.3. The van der Waals surface area contributed by atoms with Crippen LogP contribution in [0.4, 0.5) is 0 Å². The molecular formula is C16H13ClO2. The fourth-order valence-electron chi connectivity index (χ4n) is 2.10. The number of aliphatic hydroxyl groups excluding tert-OH is 1. The third-order valence-electron chi connectivity index (χ3n) is 3.15. The van der Waals surface area contributed by atoms with Gasteiger partial charge in [0.25, 0.3) is 0 Å². The maximum Gasteiger partial charge on any atom is 0.140 e. The van der Waals surface area contributed by atoms with Gasteiger partial charge < -0.3 is 9.84 Å². The molecule has 0 bridgehead atoms. The Labute approximate surface area is 116 Å². The zero-order chi connectivity index (χ0) is 13.4. The van der Waals surface area contributed by atoms with Gasteiger partial charge in [-0.05, 0) is 36.8 Å². The molecule has 0 amide bonds. The number of rotatable bonds is 1. The predicted octanol–water partition coefficient (Wildman–Crippen LogP) is 4.12. The van der Waals surface area contributed by atoms with Crippen LogP contribution in [0.3, 0.4) is 0 Å². The van der Waals surface area contributed by atoms with Gasteiger partial charge in [0.1, 0.15) is 17.6 Å². The quantitative estimate of drug-likeness (QED) is 0.846. The summed E-state index contributed by atoms with van der Waals surface area (Å²) in [6, 6.07) is 13.3. The smallest absolute Gasteiger partial charge is 0.140 e. The first kappa shape index (κ1) is 12.3. The fourth-order valence-corrected chi connectivity index (χ4v) is 2.28. The molecule has 1 heterocycles. The lowest BCUT2D eigenvalue weighted by Gasteiger charge is -2.03. The summed E-state index contributed by atoms with van der Waals surface area (Å²) < 4.78 is 5.66. The van der Waals surface area contributed by atoms with Gasteiger partial charge in [0, 0.05) is 10.6 Å². The van der Waals surface area contributed by atoms with E-state index in [4.69, 9.17) is 16.3 Å². The number of hydrogen-bond acceptors (Lipinski definition) is 2. The lowest BCUT2D eigenvalue weighted by Crippen LogP contribution is -1.96. The summed E-state index contributed by atoms with van der Waals surface area (Å²) in [5.41, 5.74) is 2.91. The highest BCUT2D eigenvalue weighted by molar-refractivity contribution is 6.30. The molecule has 1 atom stereocenters. The maximum atomic E-state index is 10.2. The zero-order valence-corrected chi connectivity index (χ0v) is 11.2. The van der Waals surface area contributed by atoms with E-state index < -0.39 is 6.10 Å². The van der Waals surface area contributed by atoms with Crippen LogP contribution < -0.4 is 4.74 Å². The standard InChI is InChI=1S/C16H13ClO2/c1-10-2-4-11(5-3-10)8-15-16(18)13-9-12(17)6-7-14(13)19-15/h2-9,16,18H,1H3/b15-8+. The SMILES string of the molecule is Cc1ccc(/C=C2/Oc3ccc(Cl)cc3C2O)cc1. The third kappa shape index (κ3) is 2.37. The van der Waals surface area contributed by atoms with Gasteiger partial charge in [-0.15, -0.1) is 0 Å². The Hall–Kier alpha value is -1.77. The Bertz CT molecular complexity index is 644. The van der Waals surface area contributed by atoms with E-state index >= 15 is 0 Å². The van der Waals surface area contributed by atoms with Gasteiger partial charge in [0.05, 0.1) is 0 Å². The summed E-state index contributed by atoms with van der Waals surface area (Å²) >= 11 is 5.93. The molecule has 3 heteroatoms. The van der Waals surface area contributed by atoms with Crippen LogP contribution >= 0.6 is 11.6 Å². The Morgan fingerprint density at radius 1 is 1.16 bits per heavy atom. The summed E-state index contributed by atoms with van der Waals surface area (Å²) in [6.45, 7) is 2.04. The number of halogens is 1. The van der Waals surface area contributed by atoms with E-state index in [9.17, 15) is 5.11 Å². The topological polar surface area (TPSA) is 29.5 Å². The van der Waals surface area contributed by atoms with E-state index in [1.807, 2.05) is 37.3 Å². The molecule has 0 spiro atoms. The van der Waals surface area contributed by atoms with Gasteiger partial charge >= 0.3 is 0 Å². The second-order valence-corrected chi connectivity index (χ2v) is 5.08. The average Bonchev–Trinajstić information content (AvgIpc) is 2.70. The molecule has 0 fully saturated rings. The lowest BCUT2D eigenvalue weighted by molar-refractivity contribution is 0.193. The van der Waals surface area contributed by atoms with Crippen LogP contribution in [-0.4, -0.2) is 5.11 Å². The Kier molecular flexibility index (Phi) is 3.05. The highest BCUT2D eigenvalue weighted by Gasteiger charge is 2.27. The summed E-state index contributed by atoms with van der Waals surface area (Å²) in [7, 11) is 0. The second kappa shape index (κ2) is 4.72. The maximum absolute atomic E-state index is 10.2. The monoisotopic (exact) mass is 272 g/mol. The zero-order valence-electron chi connectivity index (χ0n) is 10.4. The molecule has 3 rings (SSSR count). The molecular weight excluding hydrogens is 260 g/mol. The minimum atomic E-state index is -0.755. The van der Waals surface area contributed by atoms with Crippen molar-refractivity contribution in [3.8, 4) is 5.75 Å². The molecule has 0 saturated carbocycles. The van der Waals surface area contributed by atoms with Crippen molar-refractivity contribution in [3.05, 3.63) is 69.9 Å². The molecule has 0 saturated heterocycles. The van der Waals surface area contributed by atoms with Gasteiger partial charge in [0.15, 0.2) is 0 Å². The van der Waals surface area contributed by atoms with Crippen LogP contribution in [0.5, 0.6) is 5.75 Å². The number of benzene rings is 2. The minimum Gasteiger partial charge on any atom is -0.458 e. The van der Waals surface area contributed by atoms with Gasteiger partial charge in [-0.2, -0.15) is 0 Å². The van der Waals surface area contributed by atoms with Crippen LogP contribution in [0, 0.1) is 6.92 Å². The molecule has 1 N–H and O–H groups in total. The summed E-state index contributed by atoms with van der Waals surface area (Å²) in [5.74, 6) is 1.19. The van der Waals surface area contributed by atoms with Crippen LogP contribution in [0.1, 0.15) is 22.8 Å². The Morgan fingerprint density at radius 2 is 1.89 bits per heavy atom. The second-order valence-electron chi connectivity index (χ2n) is 4.64. The van der Waals surface area contributed by atoms with Gasteiger partial charge in [-0.25, -0.2) is 0 Å². The van der Waals surface area contributed by atoms with Crippen molar-refractivity contribution in [2.24, 2.45) is 0 Å². The first-order valence-corrected chi connectivity index (χ1v) is 6.45. The largest absolute Gasteiger partial charge is 0.458 e. The molecule has 0 radical (unpaired) electrons. The molecule has 2 aromatic rings. The third-order valence-corrected chi connectivity index (χ3v) is 3.39. The number of aryl methyl sites for hydroxylation is 1. The molecule has 0 aromatic heterocycles. The number of aliphatic hydroxyl groups is 1. The highest BCUT2D eigenvalue weighted by atomic mass is 35.5. The van der Waals surface area contributed by atoms with Crippen molar-refractivity contribution in [3.63, 3.8) is 0 Å². The lowest BCUT2D eigenvalue weighted by atomic mass is 10.1. The van der Waals surface area contributed by atoms with E-state index in [0.29, 0.717) is 22.1 Å². The van der Waals surface area contributed by atoms with E-state index in [0.717, 1.165) is 5.56 Å². The van der Waals surface area contributed by atoms with Crippen LogP contribution in [0.2, 0.25) is 5.02 Å². The van der Waals surface area contributed by atoms with Crippen molar-refractivity contribution in [1.82, 2.24) is 0 Å². The number of hydrogen-bond donors (Lipinski definition) is 1. The molecule has 2 aromatic carbocycles. The van der Waals surface area contributed by atoms with Crippen LogP contribution in [0.15, 0.2) is 48.2 Å². The fraction of sp³-hybridized carbons (Fsp3) is 0.125. The summed E-state index contributed by atoms with van der Waals surface area (Å²) in [6.07, 6.45) is 1.09. The van der Waals surface area contributed by atoms with Crippen molar-refractivity contribution >= 4 is 17.7 Å². The molecule has 1 aliphatic rings. The van der Waals surface area contributed by atoms with Crippen molar-refractivity contribution < 1.29 is 9.84 Å². The van der Waals surface area contributed by atoms with E-state index in [1.165, 1.54) is 5.56 Å². The van der Waals surface area contributed by atoms with Crippen molar-refractivity contribution in [2.45, 2.75) is 13.0 Å². The van der Waals surface area contributed by atoms with Gasteiger partial charge in [0.2, 0.25) is 0 Å². The Morgan fingerprint density at radius 3 is 2.63 bits per heavy atom. The van der Waals surface area contributed by atoms with E-state index in [-0.39, 0.29) is 0 Å². The molecule has 0 aliphatic carbocycles. The van der Waals surface area contributed by atoms with Gasteiger partial charge in [-0.1, -0.05) is 41.4 Å². The van der Waals surface area contributed by atoms with Crippen molar-refractivity contribution in [2.75, 3.05) is 0 Å². The Balaban J connectivity index is 1.95. The summed E-state index contributed by atoms with van der Waals surface area (Å²) in [5, 5.41) is 10.8. The van der Waals surface area contributed by atoms with E-state index in [2.05, 4.69) is 0 Å². The molecule has 1 aliphatic heterocycles. The minimum absolute atomic E-state index is 0.529. The number of ether oxygens (including phenoxy) is 1. The highest BCUT2D eigenvalue weighted by Crippen LogP contribution is 2.40. The van der Waals surface area contributed by atoms with Crippen LogP contribution in [0.25, 0.3) is 6.08 Å². The molecule has 96 valence electrons. The first-order valence-electron chi connectivity index (χ1n) is 6.07. The van der Waals surface area contributed by atoms with E-state index in [1.54, 1.807) is 18.2 Å². The van der Waals surface area contributed by atoms with Crippen molar-refractivity contribution in [1.29, 1.82) is 0 Å². The molecule has 2 nitrogen and oxygen atoms in total. The summed E-state index contributed by atoms with van der Waals surface area (Å²) in [4.78, 5) is 0. The predicted molar refractivity (Wildman–Crippen MR) is 76.2 cm³/mol. The van der Waals surface area contributed by atoms with Crippen LogP contribution in [-0.2, 0) is 0 Å². The average molecular weight is 273 g/mol.